The van der Waals surface area contributed by atoms with E-state index in [4.69, 9.17) is 11.5 Å². The van der Waals surface area contributed by atoms with E-state index in [1.165, 1.54) is 0 Å². The molecule has 0 spiro atoms. The van der Waals surface area contributed by atoms with Gasteiger partial charge in [0.1, 0.15) is 0 Å². The summed E-state index contributed by atoms with van der Waals surface area (Å²) in [6, 6.07) is 5.04. The summed E-state index contributed by atoms with van der Waals surface area (Å²) in [6.07, 6.45) is 2.17. The molecule has 0 saturated carbocycles. The Morgan fingerprint density at radius 3 is 2.47 bits per heavy atom. The number of benzene rings is 1. The number of amides is 1. The van der Waals surface area contributed by atoms with E-state index in [0.29, 0.717) is 16.9 Å². The molecular weight excluding hydrogens is 190 g/mol. The van der Waals surface area contributed by atoms with Gasteiger partial charge in [-0.15, -0.1) is 0 Å². The number of nitrogens with zero attached hydrogens (tertiary/aromatic N) is 1. The molecule has 1 saturated heterocycles. The van der Waals surface area contributed by atoms with Gasteiger partial charge in [-0.2, -0.15) is 0 Å². The number of anilines is 2. The van der Waals surface area contributed by atoms with E-state index < -0.39 is 0 Å². The molecule has 1 heterocycles. The predicted molar refractivity (Wildman–Crippen MR) is 60.4 cm³/mol. The first-order chi connectivity index (χ1) is 7.18. The molecule has 0 aromatic heterocycles. The molecule has 2 rings (SSSR count). The van der Waals surface area contributed by atoms with Crippen molar-refractivity contribution in [2.24, 2.45) is 0 Å². The number of hydrogen-bond donors (Lipinski definition) is 2. The van der Waals surface area contributed by atoms with Crippen molar-refractivity contribution >= 4 is 17.3 Å². The summed E-state index contributed by atoms with van der Waals surface area (Å²) in [5.74, 6) is 0.0185. The van der Waals surface area contributed by atoms with Crippen molar-refractivity contribution < 1.29 is 4.79 Å². The second kappa shape index (κ2) is 3.81. The standard InChI is InChI=1S/C11H15N3O/c12-8-3-4-9(10(13)7-8)11(15)14-5-1-2-6-14/h3-4,7H,1-2,5-6,12-13H2. The van der Waals surface area contributed by atoms with E-state index in [9.17, 15) is 4.79 Å². The normalized spacial score (nSPS) is 15.6. The molecule has 4 nitrogen and oxygen atoms in total. The van der Waals surface area contributed by atoms with Crippen LogP contribution in [0.4, 0.5) is 11.4 Å². The van der Waals surface area contributed by atoms with Gasteiger partial charge >= 0.3 is 0 Å². The van der Waals surface area contributed by atoms with Crippen LogP contribution in [0, 0.1) is 0 Å². The van der Waals surface area contributed by atoms with Crippen molar-refractivity contribution in [2.75, 3.05) is 24.6 Å². The van der Waals surface area contributed by atoms with Crippen LogP contribution in [0.25, 0.3) is 0 Å². The zero-order valence-electron chi connectivity index (χ0n) is 8.57. The molecule has 1 aromatic rings. The lowest BCUT2D eigenvalue weighted by Gasteiger charge is -2.16. The number of nitrogen functional groups attached to an aromatic ring is 2. The number of likely N-dealkylation sites (tertiary alicyclic amines) is 1. The summed E-state index contributed by atoms with van der Waals surface area (Å²) < 4.78 is 0. The molecule has 1 amide bonds. The first-order valence-corrected chi connectivity index (χ1v) is 5.13. The molecule has 0 bridgehead atoms. The Balaban J connectivity index is 2.24. The molecule has 0 radical (unpaired) electrons. The summed E-state index contributed by atoms with van der Waals surface area (Å²) in [4.78, 5) is 13.8. The van der Waals surface area contributed by atoms with Crippen LogP contribution in [0.1, 0.15) is 23.2 Å². The molecule has 1 aromatic carbocycles. The van der Waals surface area contributed by atoms with Gasteiger partial charge in [0, 0.05) is 24.5 Å². The fraction of sp³-hybridized carbons (Fsp3) is 0.364. The lowest BCUT2D eigenvalue weighted by molar-refractivity contribution is 0.0794. The summed E-state index contributed by atoms with van der Waals surface area (Å²) in [5.41, 5.74) is 13.0. The van der Waals surface area contributed by atoms with Crippen LogP contribution in [-0.4, -0.2) is 23.9 Å². The van der Waals surface area contributed by atoms with Gasteiger partial charge in [-0.25, -0.2) is 0 Å². The maximum absolute atomic E-state index is 12.0. The van der Waals surface area contributed by atoms with Crippen molar-refractivity contribution in [3.05, 3.63) is 23.8 Å². The Morgan fingerprint density at radius 1 is 1.20 bits per heavy atom. The molecule has 80 valence electrons. The number of nitrogens with two attached hydrogens (primary N) is 2. The van der Waals surface area contributed by atoms with Gasteiger partial charge in [0.25, 0.3) is 5.91 Å². The smallest absolute Gasteiger partial charge is 0.255 e. The van der Waals surface area contributed by atoms with Crippen molar-refractivity contribution in [1.29, 1.82) is 0 Å². The maximum atomic E-state index is 12.0. The second-order valence-corrected chi connectivity index (χ2v) is 3.85. The molecule has 4 heteroatoms. The van der Waals surface area contributed by atoms with Gasteiger partial charge < -0.3 is 16.4 Å². The first kappa shape index (κ1) is 9.83. The van der Waals surface area contributed by atoms with Crippen molar-refractivity contribution in [1.82, 2.24) is 4.90 Å². The van der Waals surface area contributed by atoms with E-state index in [2.05, 4.69) is 0 Å². The molecule has 4 N–H and O–H groups in total. The molecule has 15 heavy (non-hydrogen) atoms. The Labute approximate surface area is 88.9 Å². The molecule has 0 aliphatic carbocycles. The van der Waals surface area contributed by atoms with Crippen molar-refractivity contribution in [3.63, 3.8) is 0 Å². The number of carbonyl (C=O) groups is 1. The molecule has 1 aliphatic heterocycles. The summed E-state index contributed by atoms with van der Waals surface area (Å²) in [5, 5.41) is 0. The number of carbonyl (C=O) groups excluding carboxylic acids is 1. The van der Waals surface area contributed by atoms with Gasteiger partial charge in [-0.3, -0.25) is 4.79 Å². The van der Waals surface area contributed by atoms with Crippen LogP contribution in [0.5, 0.6) is 0 Å². The topological polar surface area (TPSA) is 72.4 Å². The minimum Gasteiger partial charge on any atom is -0.399 e. The zero-order chi connectivity index (χ0) is 10.8. The molecule has 0 atom stereocenters. The average molecular weight is 205 g/mol. The molecule has 0 unspecified atom stereocenters. The summed E-state index contributed by atoms with van der Waals surface area (Å²) in [6.45, 7) is 1.67. The number of hydrogen-bond acceptors (Lipinski definition) is 3. The van der Waals surface area contributed by atoms with E-state index in [-0.39, 0.29) is 5.91 Å². The average Bonchev–Trinajstić information content (AvgIpc) is 2.69. The second-order valence-electron chi connectivity index (χ2n) is 3.85. The third-order valence-corrected chi connectivity index (χ3v) is 2.70. The van der Waals surface area contributed by atoms with Crippen LogP contribution in [-0.2, 0) is 0 Å². The lowest BCUT2D eigenvalue weighted by atomic mass is 10.1. The quantitative estimate of drug-likeness (QED) is 0.674. The summed E-state index contributed by atoms with van der Waals surface area (Å²) in [7, 11) is 0. The van der Waals surface area contributed by atoms with Crippen LogP contribution in [0.3, 0.4) is 0 Å². The fourth-order valence-electron chi connectivity index (χ4n) is 1.87. The van der Waals surface area contributed by atoms with Gasteiger partial charge in [0.2, 0.25) is 0 Å². The van der Waals surface area contributed by atoms with Crippen molar-refractivity contribution in [2.45, 2.75) is 12.8 Å². The summed E-state index contributed by atoms with van der Waals surface area (Å²) >= 11 is 0. The highest BCUT2D eigenvalue weighted by atomic mass is 16.2. The van der Waals surface area contributed by atoms with Gasteiger partial charge in [-0.1, -0.05) is 0 Å². The van der Waals surface area contributed by atoms with E-state index in [1.54, 1.807) is 18.2 Å². The zero-order valence-corrected chi connectivity index (χ0v) is 8.57. The van der Waals surface area contributed by atoms with Gasteiger partial charge in [0.15, 0.2) is 0 Å². The molecule has 1 aliphatic rings. The minimum absolute atomic E-state index is 0.0185. The van der Waals surface area contributed by atoms with Crippen LogP contribution in [0.15, 0.2) is 18.2 Å². The van der Waals surface area contributed by atoms with E-state index in [1.807, 2.05) is 4.90 Å². The maximum Gasteiger partial charge on any atom is 0.255 e. The number of rotatable bonds is 1. The monoisotopic (exact) mass is 205 g/mol. The third kappa shape index (κ3) is 1.88. The molecular formula is C11H15N3O. The highest BCUT2D eigenvalue weighted by Gasteiger charge is 2.20. The fourth-order valence-corrected chi connectivity index (χ4v) is 1.87. The Kier molecular flexibility index (Phi) is 2.49. The third-order valence-electron chi connectivity index (χ3n) is 2.70. The van der Waals surface area contributed by atoms with E-state index >= 15 is 0 Å². The van der Waals surface area contributed by atoms with Crippen LogP contribution in [0.2, 0.25) is 0 Å². The largest absolute Gasteiger partial charge is 0.399 e. The Bertz CT molecular complexity index is 383. The molecule has 1 fully saturated rings. The van der Waals surface area contributed by atoms with Crippen molar-refractivity contribution in [3.8, 4) is 0 Å². The Hall–Kier alpha value is -1.71. The van der Waals surface area contributed by atoms with Gasteiger partial charge in [-0.05, 0) is 31.0 Å². The Morgan fingerprint density at radius 2 is 1.87 bits per heavy atom. The lowest BCUT2D eigenvalue weighted by Crippen LogP contribution is -2.28. The highest BCUT2D eigenvalue weighted by Crippen LogP contribution is 2.19. The van der Waals surface area contributed by atoms with E-state index in [0.717, 1.165) is 25.9 Å². The van der Waals surface area contributed by atoms with Gasteiger partial charge in [0.05, 0.1) is 5.56 Å². The minimum atomic E-state index is 0.0185. The SMILES string of the molecule is Nc1ccc(C(=O)N2CCCC2)c(N)c1. The highest BCUT2D eigenvalue weighted by molar-refractivity contribution is 5.99. The van der Waals surface area contributed by atoms with Crippen LogP contribution < -0.4 is 11.5 Å². The first-order valence-electron chi connectivity index (χ1n) is 5.13. The van der Waals surface area contributed by atoms with Crippen LogP contribution >= 0.6 is 0 Å². The predicted octanol–water partition coefficient (Wildman–Crippen LogP) is 1.09.